The van der Waals surface area contributed by atoms with E-state index in [0.29, 0.717) is 6.54 Å². The van der Waals surface area contributed by atoms with Crippen molar-refractivity contribution in [3.05, 3.63) is 0 Å². The molecule has 0 spiro atoms. The maximum absolute atomic E-state index is 12.2. The van der Waals surface area contributed by atoms with E-state index >= 15 is 0 Å². The summed E-state index contributed by atoms with van der Waals surface area (Å²) in [5.74, 6) is 0.452. The SMILES string of the molecule is CCCC[C@H](CC)C(=O)NC[C@H](C)NC(=O)[C@@H](CC)CCCC. The number of amides is 2. The van der Waals surface area contributed by atoms with E-state index in [1.165, 1.54) is 0 Å². The summed E-state index contributed by atoms with van der Waals surface area (Å²) in [5.41, 5.74) is 0. The average molecular weight is 327 g/mol. The summed E-state index contributed by atoms with van der Waals surface area (Å²) in [6.45, 7) is 10.9. The van der Waals surface area contributed by atoms with Crippen LogP contribution in [-0.4, -0.2) is 24.4 Å². The number of unbranched alkanes of at least 4 members (excludes halogenated alkanes) is 2. The second kappa shape index (κ2) is 13.4. The van der Waals surface area contributed by atoms with Crippen LogP contribution in [-0.2, 0) is 9.59 Å². The van der Waals surface area contributed by atoms with Crippen LogP contribution in [0.2, 0.25) is 0 Å². The first-order valence-corrected chi connectivity index (χ1v) is 9.57. The van der Waals surface area contributed by atoms with E-state index in [1.54, 1.807) is 0 Å². The van der Waals surface area contributed by atoms with Crippen LogP contribution in [0.25, 0.3) is 0 Å². The summed E-state index contributed by atoms with van der Waals surface area (Å²) in [4.78, 5) is 24.4. The zero-order valence-electron chi connectivity index (χ0n) is 15.9. The third-order valence-corrected chi connectivity index (χ3v) is 4.51. The Morgan fingerprint density at radius 1 is 0.826 bits per heavy atom. The summed E-state index contributed by atoms with van der Waals surface area (Å²) in [5, 5.41) is 6.04. The van der Waals surface area contributed by atoms with E-state index in [0.717, 1.165) is 51.4 Å². The Hall–Kier alpha value is -1.06. The molecule has 0 rings (SSSR count). The lowest BCUT2D eigenvalue weighted by Gasteiger charge is -2.21. The van der Waals surface area contributed by atoms with Crippen molar-refractivity contribution in [2.75, 3.05) is 6.54 Å². The predicted molar refractivity (Wildman–Crippen MR) is 97.2 cm³/mol. The molecule has 23 heavy (non-hydrogen) atoms. The van der Waals surface area contributed by atoms with Crippen LogP contribution >= 0.6 is 0 Å². The van der Waals surface area contributed by atoms with E-state index in [-0.39, 0.29) is 29.7 Å². The Morgan fingerprint density at radius 2 is 1.30 bits per heavy atom. The van der Waals surface area contributed by atoms with Gasteiger partial charge in [-0.1, -0.05) is 53.4 Å². The molecule has 0 aromatic carbocycles. The van der Waals surface area contributed by atoms with Gasteiger partial charge in [0.15, 0.2) is 0 Å². The van der Waals surface area contributed by atoms with Crippen LogP contribution in [0.15, 0.2) is 0 Å². The zero-order chi connectivity index (χ0) is 17.7. The minimum Gasteiger partial charge on any atom is -0.354 e. The molecule has 0 radical (unpaired) electrons. The highest BCUT2D eigenvalue weighted by molar-refractivity contribution is 5.80. The number of hydrogen-bond donors (Lipinski definition) is 2. The second-order valence-electron chi connectivity index (χ2n) is 6.65. The van der Waals surface area contributed by atoms with E-state index < -0.39 is 0 Å². The molecule has 2 amide bonds. The fourth-order valence-corrected chi connectivity index (χ4v) is 2.75. The van der Waals surface area contributed by atoms with Crippen LogP contribution < -0.4 is 10.6 Å². The average Bonchev–Trinajstić information content (AvgIpc) is 2.54. The van der Waals surface area contributed by atoms with Gasteiger partial charge in [0, 0.05) is 24.4 Å². The molecule has 0 fully saturated rings. The Kier molecular flexibility index (Phi) is 12.8. The maximum atomic E-state index is 12.2. The zero-order valence-corrected chi connectivity index (χ0v) is 15.9. The summed E-state index contributed by atoms with van der Waals surface area (Å²) >= 11 is 0. The second-order valence-corrected chi connectivity index (χ2v) is 6.65. The van der Waals surface area contributed by atoms with Crippen LogP contribution in [0.4, 0.5) is 0 Å². The van der Waals surface area contributed by atoms with Crippen molar-refractivity contribution in [3.63, 3.8) is 0 Å². The lowest BCUT2D eigenvalue weighted by atomic mass is 9.98. The van der Waals surface area contributed by atoms with Crippen molar-refractivity contribution in [1.82, 2.24) is 10.6 Å². The lowest BCUT2D eigenvalue weighted by Crippen LogP contribution is -2.45. The quantitative estimate of drug-likeness (QED) is 0.536. The molecule has 136 valence electrons. The van der Waals surface area contributed by atoms with Crippen LogP contribution in [0.3, 0.4) is 0 Å². The fourth-order valence-electron chi connectivity index (χ4n) is 2.75. The van der Waals surface area contributed by atoms with Crippen LogP contribution in [0.5, 0.6) is 0 Å². The maximum Gasteiger partial charge on any atom is 0.223 e. The first-order valence-electron chi connectivity index (χ1n) is 9.57. The molecule has 0 bridgehead atoms. The number of hydrogen-bond acceptors (Lipinski definition) is 2. The van der Waals surface area contributed by atoms with Gasteiger partial charge in [0.2, 0.25) is 11.8 Å². The Balaban J connectivity index is 4.19. The van der Waals surface area contributed by atoms with Gasteiger partial charge in [-0.3, -0.25) is 9.59 Å². The van der Waals surface area contributed by atoms with E-state index in [2.05, 4.69) is 38.3 Å². The van der Waals surface area contributed by atoms with Gasteiger partial charge in [0.1, 0.15) is 0 Å². The van der Waals surface area contributed by atoms with Crippen molar-refractivity contribution in [1.29, 1.82) is 0 Å². The normalized spacial score (nSPS) is 14.8. The number of rotatable bonds is 13. The molecule has 0 unspecified atom stereocenters. The Labute approximate surface area is 143 Å². The molecule has 4 nitrogen and oxygen atoms in total. The highest BCUT2D eigenvalue weighted by Gasteiger charge is 2.19. The third kappa shape index (κ3) is 9.62. The van der Waals surface area contributed by atoms with Gasteiger partial charge in [0.05, 0.1) is 0 Å². The summed E-state index contributed by atoms with van der Waals surface area (Å²) in [7, 11) is 0. The molecule has 0 saturated carbocycles. The summed E-state index contributed by atoms with van der Waals surface area (Å²) < 4.78 is 0. The van der Waals surface area contributed by atoms with Crippen molar-refractivity contribution in [2.45, 2.75) is 92.0 Å². The van der Waals surface area contributed by atoms with Gasteiger partial charge in [-0.2, -0.15) is 0 Å². The van der Waals surface area contributed by atoms with E-state index in [9.17, 15) is 9.59 Å². The minimum atomic E-state index is -0.0224. The van der Waals surface area contributed by atoms with Gasteiger partial charge in [0.25, 0.3) is 0 Å². The molecule has 0 aromatic rings. The lowest BCUT2D eigenvalue weighted by molar-refractivity contribution is -0.127. The number of carbonyl (C=O) groups excluding carboxylic acids is 2. The Morgan fingerprint density at radius 3 is 1.74 bits per heavy atom. The molecule has 4 heteroatoms. The highest BCUT2D eigenvalue weighted by Crippen LogP contribution is 2.13. The molecule has 0 heterocycles. The van der Waals surface area contributed by atoms with Gasteiger partial charge in [-0.05, 0) is 32.6 Å². The predicted octanol–water partition coefficient (Wildman–Crippen LogP) is 4.04. The van der Waals surface area contributed by atoms with E-state index in [1.807, 2.05) is 6.92 Å². The molecular weight excluding hydrogens is 288 g/mol. The first kappa shape index (κ1) is 21.9. The molecule has 0 aromatic heterocycles. The monoisotopic (exact) mass is 326 g/mol. The van der Waals surface area contributed by atoms with Crippen LogP contribution in [0.1, 0.15) is 86.0 Å². The summed E-state index contributed by atoms with van der Waals surface area (Å²) in [6, 6.07) is -0.0224. The molecular formula is C19H38N2O2. The molecule has 3 atom stereocenters. The fraction of sp³-hybridized carbons (Fsp3) is 0.895. The standard InChI is InChI=1S/C19H38N2O2/c1-6-10-12-16(8-3)18(22)20-14-15(5)21-19(23)17(9-4)13-11-7-2/h15-17H,6-14H2,1-5H3,(H,20,22)(H,21,23)/t15-,16-,17-/m0/s1. The van der Waals surface area contributed by atoms with Gasteiger partial charge in [-0.15, -0.1) is 0 Å². The number of nitrogens with one attached hydrogen (secondary N) is 2. The smallest absolute Gasteiger partial charge is 0.223 e. The van der Waals surface area contributed by atoms with Crippen molar-refractivity contribution < 1.29 is 9.59 Å². The van der Waals surface area contributed by atoms with E-state index in [4.69, 9.17) is 0 Å². The minimum absolute atomic E-state index is 0.0224. The topological polar surface area (TPSA) is 58.2 Å². The Bertz CT molecular complexity index is 331. The molecule has 0 aliphatic heterocycles. The van der Waals surface area contributed by atoms with Crippen molar-refractivity contribution >= 4 is 11.8 Å². The summed E-state index contributed by atoms with van der Waals surface area (Å²) in [6.07, 6.45) is 8.07. The molecule has 0 aliphatic carbocycles. The molecule has 0 saturated heterocycles. The first-order chi connectivity index (χ1) is 11.0. The van der Waals surface area contributed by atoms with Crippen LogP contribution in [0, 0.1) is 11.8 Å². The highest BCUT2D eigenvalue weighted by atomic mass is 16.2. The molecule has 2 N–H and O–H groups in total. The number of carbonyl (C=O) groups is 2. The van der Waals surface area contributed by atoms with Crippen molar-refractivity contribution in [3.8, 4) is 0 Å². The third-order valence-electron chi connectivity index (χ3n) is 4.51. The molecule has 0 aliphatic rings. The van der Waals surface area contributed by atoms with Gasteiger partial charge < -0.3 is 10.6 Å². The van der Waals surface area contributed by atoms with Crippen molar-refractivity contribution in [2.24, 2.45) is 11.8 Å². The van der Waals surface area contributed by atoms with Gasteiger partial charge >= 0.3 is 0 Å². The van der Waals surface area contributed by atoms with Gasteiger partial charge in [-0.25, -0.2) is 0 Å². The largest absolute Gasteiger partial charge is 0.354 e.